The Morgan fingerprint density at radius 2 is 0.784 bits per heavy atom. The maximum atomic E-state index is 14.4. The Morgan fingerprint density at radius 1 is 0.489 bits per heavy atom. The van der Waals surface area contributed by atoms with Crippen molar-refractivity contribution < 1.29 is 62.6 Å². The molecule has 23 heteroatoms. The maximum absolute atomic E-state index is 14.4. The van der Waals surface area contributed by atoms with Crippen LogP contribution in [0.2, 0.25) is 0 Å². The second kappa shape index (κ2) is 27.6. The Bertz CT molecular complexity index is 3670. The standard InChI is InChI=1S/C65H60Br2N4O17/c1-79-49-23-15-45(16-24-49)64(43-11-7-5-8-12-43,46-17-25-50(80-2)26-18-46)83-39-55-53(72)35-57(85-55)68-37-41(31-33-66)59(74)70(61(68)76)87-63(78)88-71-60(75)42(32-34-67)38-69(62(71)77)58-36-54(73)56(86-58)40-84-65(44-13-9-6-10-14-44,47-19-27-51(81-3)28-20-47)48-21-29-52(82-4)30-22-48/h5-34,37-38,53-58,72-73H,35-36,39-40H2,1-4H3/t53-,54-,55+,56+,57+,58+/m0/s1. The highest BCUT2D eigenvalue weighted by molar-refractivity contribution is 9.11. The molecule has 10 rings (SSSR count). The van der Waals surface area contributed by atoms with E-state index in [0.717, 1.165) is 32.7 Å². The molecule has 2 fully saturated rings. The van der Waals surface area contributed by atoms with E-state index in [4.69, 9.17) is 47.6 Å². The molecule has 2 aliphatic rings. The van der Waals surface area contributed by atoms with Crippen molar-refractivity contribution in [2.45, 2.75) is 60.9 Å². The monoisotopic (exact) mass is 1330 g/mol. The van der Waals surface area contributed by atoms with Crippen LogP contribution in [0, 0.1) is 0 Å². The molecule has 2 saturated heterocycles. The average molecular weight is 1330 g/mol. The van der Waals surface area contributed by atoms with E-state index in [1.807, 2.05) is 109 Å². The Morgan fingerprint density at radius 3 is 1.07 bits per heavy atom. The minimum absolute atomic E-state index is 0.0677. The van der Waals surface area contributed by atoms with Gasteiger partial charge in [-0.2, -0.15) is 4.79 Å². The van der Waals surface area contributed by atoms with Crippen LogP contribution in [0.1, 0.15) is 69.8 Å². The SMILES string of the molecule is COc1ccc(C(OC[C@H]2O[C@@H](n3cc(C=CBr)c(=O)n(OC(=O)On4c(=O)c(C=CBr)cn([C@H]5C[C@H](O)[C@@H](COC(c6ccccc6)(c6ccc(OC)cc6)c6ccc(OC)cc6)O5)c4=O)c3=O)C[C@@H]2O)(c2ccccc2)c2ccc(OC)cc2)cc1. The predicted molar refractivity (Wildman–Crippen MR) is 330 cm³/mol. The Labute approximate surface area is 520 Å². The van der Waals surface area contributed by atoms with Gasteiger partial charge in [-0.25, -0.2) is 9.59 Å². The zero-order chi connectivity index (χ0) is 62.1. The van der Waals surface area contributed by atoms with Crippen LogP contribution in [0.25, 0.3) is 12.2 Å². The van der Waals surface area contributed by atoms with Crippen LogP contribution in [0.5, 0.6) is 23.0 Å². The third-order valence-electron chi connectivity index (χ3n) is 15.3. The first kappa shape index (κ1) is 62.4. The summed E-state index contributed by atoms with van der Waals surface area (Å²) in [4.78, 5) is 83.8. The number of ether oxygens (including phenoxy) is 8. The number of rotatable bonds is 22. The van der Waals surface area contributed by atoms with E-state index < -0.39 is 76.7 Å². The maximum Gasteiger partial charge on any atom is 0.560 e. The molecule has 2 N–H and O–H groups in total. The molecule has 0 amide bonds. The van der Waals surface area contributed by atoms with E-state index in [0.29, 0.717) is 45.3 Å². The summed E-state index contributed by atoms with van der Waals surface area (Å²) < 4.78 is 50.7. The second-order valence-electron chi connectivity index (χ2n) is 20.3. The lowest BCUT2D eigenvalue weighted by Crippen LogP contribution is -2.51. The summed E-state index contributed by atoms with van der Waals surface area (Å²) in [7, 11) is 6.25. The molecule has 0 radical (unpaired) electrons. The number of hydrogen-bond acceptors (Lipinski definition) is 17. The van der Waals surface area contributed by atoms with E-state index in [2.05, 4.69) is 31.9 Å². The van der Waals surface area contributed by atoms with Crippen LogP contribution in [0.4, 0.5) is 4.79 Å². The average Bonchev–Trinajstić information content (AvgIpc) is 1.99. The first-order valence-corrected chi connectivity index (χ1v) is 29.4. The number of carbonyl (C=O) groups excluding carboxylic acids is 1. The van der Waals surface area contributed by atoms with Gasteiger partial charge in [0.1, 0.15) is 58.9 Å². The van der Waals surface area contributed by atoms with Crippen molar-refractivity contribution in [3.05, 3.63) is 266 Å². The summed E-state index contributed by atoms with van der Waals surface area (Å²) in [6.07, 6.45) is -4.65. The van der Waals surface area contributed by atoms with Crippen molar-refractivity contribution in [2.24, 2.45) is 0 Å². The van der Waals surface area contributed by atoms with Crippen LogP contribution in [-0.4, -0.2) is 101 Å². The predicted octanol–water partition coefficient (Wildman–Crippen LogP) is 8.09. The number of aliphatic hydroxyl groups is 2. The fraction of sp³-hybridized carbons (Fsp3) is 0.246. The molecule has 456 valence electrons. The summed E-state index contributed by atoms with van der Waals surface area (Å²) in [5.41, 5.74) is -3.57. The lowest BCUT2D eigenvalue weighted by atomic mass is 9.80. The topological polar surface area (TPSA) is 238 Å². The third kappa shape index (κ3) is 12.6. The summed E-state index contributed by atoms with van der Waals surface area (Å²) in [6, 6.07) is 48.3. The van der Waals surface area contributed by atoms with Gasteiger partial charge in [-0.15, -0.1) is 0 Å². The molecule has 2 aliphatic heterocycles. The second-order valence-corrected chi connectivity index (χ2v) is 21.3. The lowest BCUT2D eigenvalue weighted by molar-refractivity contribution is -0.0956. The Hall–Kier alpha value is -8.65. The summed E-state index contributed by atoms with van der Waals surface area (Å²) >= 11 is 6.31. The molecule has 0 spiro atoms. The number of benzene rings is 6. The smallest absolute Gasteiger partial charge is 0.497 e. The van der Waals surface area contributed by atoms with Crippen molar-refractivity contribution in [1.29, 1.82) is 0 Å². The highest BCUT2D eigenvalue weighted by atomic mass is 79.9. The van der Waals surface area contributed by atoms with Gasteiger partial charge in [0.25, 0.3) is 11.1 Å². The van der Waals surface area contributed by atoms with Gasteiger partial charge in [-0.3, -0.25) is 28.4 Å². The molecule has 2 aromatic heterocycles. The van der Waals surface area contributed by atoms with Gasteiger partial charge >= 0.3 is 17.5 Å². The number of carbonyl (C=O) groups is 1. The molecular weight excluding hydrogens is 1270 g/mol. The molecule has 0 saturated carbocycles. The van der Waals surface area contributed by atoms with Crippen molar-refractivity contribution >= 4 is 50.2 Å². The fourth-order valence-corrected chi connectivity index (χ4v) is 11.4. The summed E-state index contributed by atoms with van der Waals surface area (Å²) in [6.45, 7) is -0.482. The first-order valence-electron chi connectivity index (χ1n) is 27.5. The number of aromatic nitrogens is 4. The van der Waals surface area contributed by atoms with Crippen molar-refractivity contribution in [2.75, 3.05) is 41.7 Å². The fourth-order valence-electron chi connectivity index (χ4n) is 10.9. The molecule has 88 heavy (non-hydrogen) atoms. The summed E-state index contributed by atoms with van der Waals surface area (Å²) in [5.74, 6) is 2.44. The number of methoxy groups -OCH3 is 4. The van der Waals surface area contributed by atoms with E-state index in [9.17, 15) is 34.2 Å². The van der Waals surface area contributed by atoms with Crippen molar-refractivity contribution in [3.63, 3.8) is 0 Å². The number of nitrogens with zero attached hydrogens (tertiary/aromatic N) is 4. The zero-order valence-corrected chi connectivity index (χ0v) is 51.0. The van der Waals surface area contributed by atoms with Crippen LogP contribution >= 0.6 is 31.9 Å². The zero-order valence-electron chi connectivity index (χ0n) is 47.8. The molecule has 21 nitrogen and oxygen atoms in total. The van der Waals surface area contributed by atoms with Crippen molar-refractivity contribution in [3.8, 4) is 23.0 Å². The number of hydrogen-bond donors (Lipinski definition) is 2. The van der Waals surface area contributed by atoms with Crippen LogP contribution in [0.3, 0.4) is 0 Å². The lowest BCUT2D eigenvalue weighted by Gasteiger charge is -2.37. The first-order chi connectivity index (χ1) is 42.7. The third-order valence-corrected chi connectivity index (χ3v) is 15.9. The Kier molecular flexibility index (Phi) is 19.6. The van der Waals surface area contributed by atoms with Gasteiger partial charge in [0.2, 0.25) is 0 Å². The quantitative estimate of drug-likeness (QED) is 0.0610. The largest absolute Gasteiger partial charge is 0.560 e. The minimum Gasteiger partial charge on any atom is -0.497 e. The van der Waals surface area contributed by atoms with Crippen LogP contribution in [-0.2, 0) is 30.1 Å². The van der Waals surface area contributed by atoms with Gasteiger partial charge in [0, 0.05) is 25.2 Å². The highest BCUT2D eigenvalue weighted by Gasteiger charge is 2.45. The molecule has 6 aromatic carbocycles. The minimum atomic E-state index is -1.86. The molecule has 6 atom stereocenters. The molecule has 0 bridgehead atoms. The number of aliphatic hydroxyl groups excluding tert-OH is 2. The molecule has 8 aromatic rings. The van der Waals surface area contributed by atoms with Gasteiger partial charge in [0.15, 0.2) is 0 Å². The molecular formula is C65H60Br2N4O17. The van der Waals surface area contributed by atoms with Gasteiger partial charge < -0.3 is 48.1 Å². The van der Waals surface area contributed by atoms with Crippen LogP contribution in [0.15, 0.2) is 199 Å². The molecule has 0 unspecified atom stereocenters. The normalized spacial score (nSPS) is 18.6. The van der Waals surface area contributed by atoms with Crippen LogP contribution < -0.4 is 51.1 Å². The van der Waals surface area contributed by atoms with E-state index in [1.54, 1.807) is 77.0 Å². The molecule has 0 aliphatic carbocycles. The van der Waals surface area contributed by atoms with Gasteiger partial charge in [0.05, 0.1) is 65.0 Å². The van der Waals surface area contributed by atoms with Gasteiger partial charge in [-0.05, 0) is 104 Å². The van der Waals surface area contributed by atoms with Gasteiger partial charge in [-0.1, -0.05) is 151 Å². The van der Waals surface area contributed by atoms with E-state index in [-0.39, 0.29) is 46.6 Å². The van der Waals surface area contributed by atoms with E-state index in [1.165, 1.54) is 22.1 Å². The highest BCUT2D eigenvalue weighted by Crippen LogP contribution is 2.45. The Balaban J connectivity index is 0.910. The van der Waals surface area contributed by atoms with E-state index >= 15 is 0 Å². The summed E-state index contributed by atoms with van der Waals surface area (Å²) in [5, 5.41) is 23.3. The number of halogens is 2. The van der Waals surface area contributed by atoms with Crippen molar-refractivity contribution in [1.82, 2.24) is 18.6 Å². The molecule has 4 heterocycles.